The number of hydrogen-bond donors (Lipinski definition) is 2. The highest BCUT2D eigenvalue weighted by Gasteiger charge is 2.09. The molecular weight excluding hydrogens is 406 g/mol. The molecule has 0 unspecified atom stereocenters. The molecular formula is C25H37N3O4. The van der Waals surface area contributed by atoms with E-state index in [0.29, 0.717) is 42.9 Å². The van der Waals surface area contributed by atoms with E-state index in [9.17, 15) is 4.79 Å². The number of ether oxygens (including phenoxy) is 3. The van der Waals surface area contributed by atoms with E-state index in [1.165, 1.54) is 0 Å². The summed E-state index contributed by atoms with van der Waals surface area (Å²) in [4.78, 5) is 14.4. The van der Waals surface area contributed by atoms with Crippen LogP contribution in [0.1, 0.15) is 32.3 Å². The number of carbonyl (C=O) groups is 1. The number of urea groups is 1. The third kappa shape index (κ3) is 9.47. The van der Waals surface area contributed by atoms with Crippen molar-refractivity contribution in [2.45, 2.75) is 33.2 Å². The van der Waals surface area contributed by atoms with Gasteiger partial charge in [-0.1, -0.05) is 26.0 Å². The Kier molecular flexibility index (Phi) is 10.7. The van der Waals surface area contributed by atoms with Gasteiger partial charge in [0.05, 0.1) is 13.7 Å². The molecule has 7 nitrogen and oxygen atoms in total. The molecule has 0 atom stereocenters. The van der Waals surface area contributed by atoms with Gasteiger partial charge in [-0.25, -0.2) is 4.79 Å². The summed E-state index contributed by atoms with van der Waals surface area (Å²) in [5.41, 5.74) is 1.64. The fourth-order valence-corrected chi connectivity index (χ4v) is 2.95. The number of anilines is 1. The van der Waals surface area contributed by atoms with Crippen LogP contribution < -0.4 is 24.8 Å². The summed E-state index contributed by atoms with van der Waals surface area (Å²) >= 11 is 0. The summed E-state index contributed by atoms with van der Waals surface area (Å²) in [6.45, 7) is 6.91. The van der Waals surface area contributed by atoms with E-state index in [1.54, 1.807) is 25.3 Å². The van der Waals surface area contributed by atoms with Crippen molar-refractivity contribution >= 4 is 11.7 Å². The highest BCUT2D eigenvalue weighted by molar-refractivity contribution is 5.89. The minimum Gasteiger partial charge on any atom is -0.493 e. The number of rotatable bonds is 13. The maximum atomic E-state index is 12.3. The lowest BCUT2D eigenvalue weighted by Gasteiger charge is -2.14. The van der Waals surface area contributed by atoms with Crippen molar-refractivity contribution in [3.05, 3.63) is 48.0 Å². The largest absolute Gasteiger partial charge is 0.493 e. The number of carbonyl (C=O) groups excluding carboxylic acids is 1. The first-order valence-corrected chi connectivity index (χ1v) is 11.1. The minimum atomic E-state index is -0.285. The summed E-state index contributed by atoms with van der Waals surface area (Å²) in [6, 6.07) is 12.8. The predicted octanol–water partition coefficient (Wildman–Crippen LogP) is 4.77. The third-order valence-corrected chi connectivity index (χ3v) is 4.79. The van der Waals surface area contributed by atoms with E-state index in [-0.39, 0.29) is 6.03 Å². The molecule has 2 N–H and O–H groups in total. The van der Waals surface area contributed by atoms with Gasteiger partial charge in [-0.3, -0.25) is 0 Å². The van der Waals surface area contributed by atoms with Crippen LogP contribution in [-0.2, 0) is 6.54 Å². The molecule has 0 fully saturated rings. The van der Waals surface area contributed by atoms with Crippen molar-refractivity contribution < 1.29 is 19.0 Å². The van der Waals surface area contributed by atoms with Gasteiger partial charge in [0.25, 0.3) is 0 Å². The van der Waals surface area contributed by atoms with Crippen LogP contribution in [0.25, 0.3) is 0 Å². The van der Waals surface area contributed by atoms with Crippen molar-refractivity contribution in [1.82, 2.24) is 10.2 Å². The quantitative estimate of drug-likeness (QED) is 0.436. The smallest absolute Gasteiger partial charge is 0.319 e. The third-order valence-electron chi connectivity index (χ3n) is 4.79. The predicted molar refractivity (Wildman–Crippen MR) is 129 cm³/mol. The number of nitrogens with zero attached hydrogens (tertiary/aromatic N) is 1. The maximum Gasteiger partial charge on any atom is 0.319 e. The molecule has 0 radical (unpaired) electrons. The van der Waals surface area contributed by atoms with Gasteiger partial charge in [0.1, 0.15) is 12.4 Å². The van der Waals surface area contributed by atoms with E-state index in [0.717, 1.165) is 30.7 Å². The summed E-state index contributed by atoms with van der Waals surface area (Å²) in [6.07, 6.45) is 2.07. The van der Waals surface area contributed by atoms with Gasteiger partial charge in [-0.05, 0) is 62.7 Å². The van der Waals surface area contributed by atoms with Crippen molar-refractivity contribution in [3.63, 3.8) is 0 Å². The monoisotopic (exact) mass is 443 g/mol. The van der Waals surface area contributed by atoms with Crippen LogP contribution in [0.2, 0.25) is 0 Å². The van der Waals surface area contributed by atoms with Crippen LogP contribution in [0.15, 0.2) is 42.5 Å². The number of hydrogen-bond acceptors (Lipinski definition) is 5. The van der Waals surface area contributed by atoms with Gasteiger partial charge in [0.15, 0.2) is 11.5 Å². The number of nitrogens with one attached hydrogen (secondary N) is 2. The second-order valence-electron chi connectivity index (χ2n) is 8.35. The van der Waals surface area contributed by atoms with Crippen LogP contribution in [0.3, 0.4) is 0 Å². The minimum absolute atomic E-state index is 0.285. The summed E-state index contributed by atoms with van der Waals surface area (Å²) in [7, 11) is 5.63. The molecule has 32 heavy (non-hydrogen) atoms. The van der Waals surface area contributed by atoms with Crippen molar-refractivity contribution in [2.24, 2.45) is 5.92 Å². The Morgan fingerprint density at radius 3 is 2.41 bits per heavy atom. The van der Waals surface area contributed by atoms with Gasteiger partial charge >= 0.3 is 6.03 Å². The molecule has 0 aliphatic heterocycles. The van der Waals surface area contributed by atoms with Gasteiger partial charge in [-0.15, -0.1) is 0 Å². The molecule has 0 aliphatic carbocycles. The Bertz CT molecular complexity index is 822. The average molecular weight is 444 g/mol. The van der Waals surface area contributed by atoms with Gasteiger partial charge in [0, 0.05) is 24.8 Å². The second-order valence-corrected chi connectivity index (χ2v) is 8.35. The first-order chi connectivity index (χ1) is 15.4. The van der Waals surface area contributed by atoms with E-state index in [2.05, 4.69) is 29.4 Å². The lowest BCUT2D eigenvalue weighted by atomic mass is 10.1. The zero-order chi connectivity index (χ0) is 23.3. The van der Waals surface area contributed by atoms with Gasteiger partial charge in [-0.2, -0.15) is 0 Å². The Morgan fingerprint density at radius 2 is 1.75 bits per heavy atom. The molecule has 2 aromatic carbocycles. The first kappa shape index (κ1) is 25.3. The molecule has 0 heterocycles. The van der Waals surface area contributed by atoms with Crippen LogP contribution in [0.5, 0.6) is 17.2 Å². The van der Waals surface area contributed by atoms with E-state index in [4.69, 9.17) is 14.2 Å². The molecule has 0 bridgehead atoms. The average Bonchev–Trinajstić information content (AvgIpc) is 2.76. The Labute approximate surface area is 192 Å². The van der Waals surface area contributed by atoms with Crippen LogP contribution in [0.4, 0.5) is 10.5 Å². The SMILES string of the molecule is COc1ccc(NC(=O)NCc2ccc(OCCN(C)C)cc2)cc1OCCCC(C)C. The molecule has 0 saturated heterocycles. The van der Waals surface area contributed by atoms with Crippen molar-refractivity contribution in [3.8, 4) is 17.2 Å². The molecule has 0 saturated carbocycles. The zero-order valence-corrected chi connectivity index (χ0v) is 19.9. The Hall–Kier alpha value is -2.93. The van der Waals surface area contributed by atoms with Crippen molar-refractivity contribution in [1.29, 1.82) is 0 Å². The Balaban J connectivity index is 1.82. The van der Waals surface area contributed by atoms with Gasteiger partial charge < -0.3 is 29.7 Å². The fourth-order valence-electron chi connectivity index (χ4n) is 2.95. The maximum absolute atomic E-state index is 12.3. The number of amides is 2. The van der Waals surface area contributed by atoms with Gasteiger partial charge in [0.2, 0.25) is 0 Å². The van der Waals surface area contributed by atoms with Crippen LogP contribution in [0, 0.1) is 5.92 Å². The molecule has 2 rings (SSSR count). The Morgan fingerprint density at radius 1 is 1.00 bits per heavy atom. The summed E-state index contributed by atoms with van der Waals surface area (Å²) in [5, 5.41) is 5.72. The summed E-state index contributed by atoms with van der Waals surface area (Å²) < 4.78 is 16.9. The zero-order valence-electron chi connectivity index (χ0n) is 19.9. The second kappa shape index (κ2) is 13.5. The number of likely N-dealkylation sites (N-methyl/N-ethyl adjacent to an activating group) is 1. The molecule has 0 aromatic heterocycles. The lowest BCUT2D eigenvalue weighted by molar-refractivity contribution is 0.251. The molecule has 2 aromatic rings. The molecule has 2 amide bonds. The molecule has 0 spiro atoms. The standard InChI is InChI=1S/C25H37N3O4/c1-19(2)7-6-15-32-24-17-21(10-13-23(24)30-5)27-25(29)26-18-20-8-11-22(12-9-20)31-16-14-28(3)4/h8-13,17,19H,6-7,14-16,18H2,1-5H3,(H2,26,27,29). The van der Waals surface area contributed by atoms with Crippen LogP contribution >= 0.6 is 0 Å². The normalized spacial score (nSPS) is 10.8. The van der Waals surface area contributed by atoms with Crippen LogP contribution in [-0.4, -0.2) is 51.9 Å². The summed E-state index contributed by atoms with van der Waals surface area (Å²) in [5.74, 6) is 2.73. The lowest BCUT2D eigenvalue weighted by Crippen LogP contribution is -2.28. The van der Waals surface area contributed by atoms with E-state index in [1.807, 2.05) is 38.4 Å². The molecule has 7 heteroatoms. The number of methoxy groups -OCH3 is 1. The highest BCUT2D eigenvalue weighted by Crippen LogP contribution is 2.30. The van der Waals surface area contributed by atoms with E-state index >= 15 is 0 Å². The highest BCUT2D eigenvalue weighted by atomic mass is 16.5. The first-order valence-electron chi connectivity index (χ1n) is 11.1. The van der Waals surface area contributed by atoms with Crippen molar-refractivity contribution in [2.75, 3.05) is 46.3 Å². The topological polar surface area (TPSA) is 72.1 Å². The van der Waals surface area contributed by atoms with E-state index < -0.39 is 0 Å². The molecule has 176 valence electrons. The fraction of sp³-hybridized carbons (Fsp3) is 0.480. The molecule has 0 aliphatic rings. The number of benzene rings is 2.